The van der Waals surface area contributed by atoms with Gasteiger partial charge >= 0.3 is 6.09 Å². The molecule has 6 nitrogen and oxygen atoms in total. The third kappa shape index (κ3) is 8.94. The molecule has 1 N–H and O–H groups in total. The lowest BCUT2D eigenvalue weighted by Gasteiger charge is -2.20. The van der Waals surface area contributed by atoms with Gasteiger partial charge in [-0.2, -0.15) is 0 Å². The molecule has 0 aliphatic carbocycles. The van der Waals surface area contributed by atoms with E-state index in [1.807, 2.05) is 27.7 Å². The van der Waals surface area contributed by atoms with Crippen molar-refractivity contribution in [3.05, 3.63) is 33.9 Å². The van der Waals surface area contributed by atoms with Gasteiger partial charge in [0.15, 0.2) is 0 Å². The molecule has 6 heteroatoms. The van der Waals surface area contributed by atoms with Gasteiger partial charge in [-0.05, 0) is 39.3 Å². The molecular formula is C16H28N2O4. The van der Waals surface area contributed by atoms with Crippen LogP contribution in [0.4, 0.5) is 16.2 Å². The number of nitrogens with one attached hydrogen (secondary N) is 1. The fourth-order valence-corrected chi connectivity index (χ4v) is 1.32. The van der Waals surface area contributed by atoms with E-state index in [1.165, 1.54) is 18.2 Å². The van der Waals surface area contributed by atoms with Gasteiger partial charge in [0, 0.05) is 17.8 Å². The Balaban J connectivity index is 0. The number of nitrogens with zero attached hydrogens (tertiary/aromatic N) is 1. The summed E-state index contributed by atoms with van der Waals surface area (Å²) in [4.78, 5) is 21.6. The van der Waals surface area contributed by atoms with Crippen molar-refractivity contribution >= 4 is 17.5 Å². The number of carbonyl (C=O) groups excluding carboxylic acids is 1. The first-order chi connectivity index (χ1) is 10.2. The number of hydrogen-bond donors (Lipinski definition) is 1. The lowest BCUT2D eigenvalue weighted by Crippen LogP contribution is -2.27. The van der Waals surface area contributed by atoms with Crippen LogP contribution < -0.4 is 5.32 Å². The van der Waals surface area contributed by atoms with Gasteiger partial charge in [0.1, 0.15) is 5.60 Å². The fourth-order valence-electron chi connectivity index (χ4n) is 1.32. The van der Waals surface area contributed by atoms with Gasteiger partial charge in [-0.1, -0.05) is 27.7 Å². The van der Waals surface area contributed by atoms with Crippen LogP contribution in [0.25, 0.3) is 0 Å². The standard InChI is InChI=1S/C12H16N2O4.2C2H6/c1-8-7-9(14(16)17)5-6-10(8)13-11(15)18-12(2,3)4;2*1-2/h5-7H,1-4H3,(H,13,15);2*1-2H3. The first-order valence-corrected chi connectivity index (χ1v) is 7.44. The van der Waals surface area contributed by atoms with E-state index in [-0.39, 0.29) is 5.69 Å². The summed E-state index contributed by atoms with van der Waals surface area (Å²) in [5.74, 6) is 0. The van der Waals surface area contributed by atoms with Crippen molar-refractivity contribution in [3.63, 3.8) is 0 Å². The van der Waals surface area contributed by atoms with Crippen LogP contribution in [0.15, 0.2) is 18.2 Å². The molecule has 0 aliphatic rings. The van der Waals surface area contributed by atoms with E-state index in [4.69, 9.17) is 4.74 Å². The highest BCUT2D eigenvalue weighted by atomic mass is 16.6. The second-order valence-electron chi connectivity index (χ2n) is 4.88. The number of nitro benzene ring substituents is 1. The van der Waals surface area contributed by atoms with Crippen LogP contribution in [-0.4, -0.2) is 16.6 Å². The molecule has 0 saturated carbocycles. The summed E-state index contributed by atoms with van der Waals surface area (Å²) in [6.07, 6.45) is -0.584. The second-order valence-corrected chi connectivity index (χ2v) is 4.88. The molecule has 126 valence electrons. The second kappa shape index (κ2) is 10.6. The fraction of sp³-hybridized carbons (Fsp3) is 0.562. The monoisotopic (exact) mass is 312 g/mol. The Labute approximate surface area is 133 Å². The van der Waals surface area contributed by atoms with Crippen molar-refractivity contribution in [2.75, 3.05) is 5.32 Å². The molecule has 1 rings (SSSR count). The zero-order valence-electron chi connectivity index (χ0n) is 14.8. The highest BCUT2D eigenvalue weighted by Crippen LogP contribution is 2.21. The Morgan fingerprint density at radius 2 is 1.68 bits per heavy atom. The van der Waals surface area contributed by atoms with Gasteiger partial charge in [-0.3, -0.25) is 15.4 Å². The zero-order chi connectivity index (χ0) is 17.9. The molecule has 0 bridgehead atoms. The first-order valence-electron chi connectivity index (χ1n) is 7.44. The number of anilines is 1. The molecule has 0 spiro atoms. The average molecular weight is 312 g/mol. The highest BCUT2D eigenvalue weighted by molar-refractivity contribution is 5.86. The van der Waals surface area contributed by atoms with Crippen molar-refractivity contribution in [2.24, 2.45) is 0 Å². The van der Waals surface area contributed by atoms with E-state index in [2.05, 4.69) is 5.32 Å². The van der Waals surface area contributed by atoms with Crippen LogP contribution in [0.3, 0.4) is 0 Å². The summed E-state index contributed by atoms with van der Waals surface area (Å²) in [6.45, 7) is 15.0. The normalized spacial score (nSPS) is 9.45. The van der Waals surface area contributed by atoms with E-state index in [0.717, 1.165) is 0 Å². The van der Waals surface area contributed by atoms with E-state index < -0.39 is 16.6 Å². The van der Waals surface area contributed by atoms with Gasteiger partial charge in [-0.25, -0.2) is 4.79 Å². The maximum absolute atomic E-state index is 11.5. The number of aryl methyl sites for hydroxylation is 1. The summed E-state index contributed by atoms with van der Waals surface area (Å²) < 4.78 is 5.09. The molecule has 0 saturated heterocycles. The minimum atomic E-state index is -0.585. The minimum Gasteiger partial charge on any atom is -0.444 e. The van der Waals surface area contributed by atoms with Crippen LogP contribution >= 0.6 is 0 Å². The van der Waals surface area contributed by atoms with Crippen LogP contribution in [0.1, 0.15) is 54.0 Å². The Kier molecular flexibility index (Phi) is 10.7. The SMILES string of the molecule is CC.CC.Cc1cc([N+](=O)[O-])ccc1NC(=O)OC(C)(C)C. The number of non-ortho nitro benzene ring substituents is 1. The Hall–Kier alpha value is -2.11. The third-order valence-electron chi connectivity index (χ3n) is 2.06. The number of ether oxygens (including phenoxy) is 1. The van der Waals surface area contributed by atoms with Crippen molar-refractivity contribution < 1.29 is 14.5 Å². The molecular weight excluding hydrogens is 284 g/mol. The van der Waals surface area contributed by atoms with Crippen LogP contribution in [0.5, 0.6) is 0 Å². The zero-order valence-corrected chi connectivity index (χ0v) is 14.8. The molecule has 0 atom stereocenters. The summed E-state index contributed by atoms with van der Waals surface area (Å²) in [5.41, 5.74) is 0.505. The Bertz CT molecular complexity index is 480. The van der Waals surface area contributed by atoms with Crippen molar-refractivity contribution in [1.82, 2.24) is 0 Å². The van der Waals surface area contributed by atoms with E-state index in [9.17, 15) is 14.9 Å². The molecule has 0 unspecified atom stereocenters. The molecule has 1 aromatic carbocycles. The molecule has 1 amide bonds. The van der Waals surface area contributed by atoms with E-state index in [0.29, 0.717) is 11.3 Å². The summed E-state index contributed by atoms with van der Waals surface area (Å²) in [6, 6.07) is 4.21. The van der Waals surface area contributed by atoms with Crippen LogP contribution in [0.2, 0.25) is 0 Å². The largest absolute Gasteiger partial charge is 0.444 e. The van der Waals surface area contributed by atoms with Gasteiger partial charge in [0.25, 0.3) is 5.69 Å². The predicted molar refractivity (Wildman–Crippen MR) is 90.4 cm³/mol. The van der Waals surface area contributed by atoms with Crippen LogP contribution in [0, 0.1) is 17.0 Å². The summed E-state index contributed by atoms with van der Waals surface area (Å²) in [7, 11) is 0. The Morgan fingerprint density at radius 1 is 1.18 bits per heavy atom. The predicted octanol–water partition coefficient (Wildman–Crippen LogP) is 5.30. The topological polar surface area (TPSA) is 81.5 Å². The third-order valence-corrected chi connectivity index (χ3v) is 2.06. The molecule has 0 fully saturated rings. The number of nitro groups is 1. The molecule has 0 heterocycles. The molecule has 0 radical (unpaired) electrons. The smallest absolute Gasteiger partial charge is 0.412 e. The number of carbonyl (C=O) groups is 1. The van der Waals surface area contributed by atoms with Crippen molar-refractivity contribution in [2.45, 2.75) is 61.0 Å². The van der Waals surface area contributed by atoms with E-state index in [1.54, 1.807) is 27.7 Å². The van der Waals surface area contributed by atoms with Crippen molar-refractivity contribution in [1.29, 1.82) is 0 Å². The van der Waals surface area contributed by atoms with Gasteiger partial charge in [0.2, 0.25) is 0 Å². The number of hydrogen-bond acceptors (Lipinski definition) is 4. The van der Waals surface area contributed by atoms with E-state index >= 15 is 0 Å². The maximum Gasteiger partial charge on any atom is 0.412 e. The summed E-state index contributed by atoms with van der Waals surface area (Å²) >= 11 is 0. The molecule has 22 heavy (non-hydrogen) atoms. The first kappa shape index (κ1) is 22.2. The lowest BCUT2D eigenvalue weighted by molar-refractivity contribution is -0.384. The van der Waals surface area contributed by atoms with Gasteiger partial charge in [-0.15, -0.1) is 0 Å². The highest BCUT2D eigenvalue weighted by Gasteiger charge is 2.17. The van der Waals surface area contributed by atoms with Gasteiger partial charge < -0.3 is 4.74 Å². The Morgan fingerprint density at radius 3 is 2.05 bits per heavy atom. The minimum absolute atomic E-state index is 0.0118. The van der Waals surface area contributed by atoms with Gasteiger partial charge in [0.05, 0.1) is 4.92 Å². The lowest BCUT2D eigenvalue weighted by atomic mass is 10.2. The number of rotatable bonds is 2. The molecule has 0 aromatic heterocycles. The summed E-state index contributed by atoms with van der Waals surface area (Å²) in [5, 5.41) is 13.1. The van der Waals surface area contributed by atoms with Crippen molar-refractivity contribution in [3.8, 4) is 0 Å². The molecule has 1 aromatic rings. The van der Waals surface area contributed by atoms with Crippen LogP contribution in [-0.2, 0) is 4.74 Å². The quantitative estimate of drug-likeness (QED) is 0.593. The number of benzene rings is 1. The maximum atomic E-state index is 11.5. The average Bonchev–Trinajstić information content (AvgIpc) is 2.43. The number of amides is 1. The molecule has 0 aliphatic heterocycles.